The van der Waals surface area contributed by atoms with Crippen LogP contribution in [0.15, 0.2) is 0 Å². The second kappa shape index (κ2) is 8.90. The van der Waals surface area contributed by atoms with Gasteiger partial charge in [0.05, 0.1) is 13.2 Å². The van der Waals surface area contributed by atoms with Gasteiger partial charge in [0.15, 0.2) is 0 Å². The predicted molar refractivity (Wildman–Crippen MR) is 77.3 cm³/mol. The SMILES string of the molecule is COCCN(CCOC)CC1(CO)CCC(C)CC1. The molecule has 0 radical (unpaired) electrons. The van der Waals surface area contributed by atoms with Crippen LogP contribution < -0.4 is 0 Å². The zero-order valence-corrected chi connectivity index (χ0v) is 12.9. The van der Waals surface area contributed by atoms with Crippen LogP contribution in [0.25, 0.3) is 0 Å². The van der Waals surface area contributed by atoms with Gasteiger partial charge < -0.3 is 14.6 Å². The summed E-state index contributed by atoms with van der Waals surface area (Å²) in [7, 11) is 3.47. The molecule has 0 bridgehead atoms. The van der Waals surface area contributed by atoms with E-state index in [1.165, 1.54) is 12.8 Å². The van der Waals surface area contributed by atoms with Crippen molar-refractivity contribution >= 4 is 0 Å². The second-order valence-electron chi connectivity index (χ2n) is 6.10. The Hall–Kier alpha value is -0.160. The monoisotopic (exact) mass is 273 g/mol. The van der Waals surface area contributed by atoms with E-state index in [4.69, 9.17) is 9.47 Å². The van der Waals surface area contributed by atoms with Gasteiger partial charge in [-0.1, -0.05) is 19.8 Å². The van der Waals surface area contributed by atoms with Crippen LogP contribution in [-0.2, 0) is 9.47 Å². The van der Waals surface area contributed by atoms with Crippen molar-refractivity contribution in [2.45, 2.75) is 32.6 Å². The van der Waals surface area contributed by atoms with E-state index in [-0.39, 0.29) is 5.41 Å². The maximum absolute atomic E-state index is 9.84. The summed E-state index contributed by atoms with van der Waals surface area (Å²) < 4.78 is 10.4. The minimum atomic E-state index is 0.0913. The molecule has 19 heavy (non-hydrogen) atoms. The van der Waals surface area contributed by atoms with Crippen LogP contribution in [0, 0.1) is 11.3 Å². The van der Waals surface area contributed by atoms with E-state index in [2.05, 4.69) is 11.8 Å². The lowest BCUT2D eigenvalue weighted by Gasteiger charge is -2.41. The van der Waals surface area contributed by atoms with E-state index in [9.17, 15) is 5.11 Å². The average Bonchev–Trinajstić information content (AvgIpc) is 2.44. The van der Waals surface area contributed by atoms with Crippen molar-refractivity contribution in [2.75, 3.05) is 53.7 Å². The summed E-state index contributed by atoms with van der Waals surface area (Å²) in [5.41, 5.74) is 0.0913. The average molecular weight is 273 g/mol. The number of hydrogen-bond acceptors (Lipinski definition) is 4. The summed E-state index contributed by atoms with van der Waals surface area (Å²) >= 11 is 0. The zero-order valence-electron chi connectivity index (χ0n) is 12.9. The lowest BCUT2D eigenvalue weighted by atomic mass is 9.71. The summed E-state index contributed by atoms with van der Waals surface area (Å²) in [6, 6.07) is 0. The molecule has 0 unspecified atom stereocenters. The van der Waals surface area contributed by atoms with E-state index in [1.54, 1.807) is 14.2 Å². The van der Waals surface area contributed by atoms with Gasteiger partial charge in [0, 0.05) is 45.9 Å². The Balaban J connectivity index is 2.52. The molecule has 0 aromatic carbocycles. The quantitative estimate of drug-likeness (QED) is 0.695. The van der Waals surface area contributed by atoms with Gasteiger partial charge in [0.2, 0.25) is 0 Å². The molecule has 0 amide bonds. The van der Waals surface area contributed by atoms with Gasteiger partial charge in [0.25, 0.3) is 0 Å². The highest BCUT2D eigenvalue weighted by Crippen LogP contribution is 2.39. The van der Waals surface area contributed by atoms with E-state index in [0.29, 0.717) is 6.61 Å². The molecule has 1 rings (SSSR count). The van der Waals surface area contributed by atoms with Crippen molar-refractivity contribution in [1.82, 2.24) is 4.90 Å². The molecule has 1 N–H and O–H groups in total. The molecule has 4 heteroatoms. The van der Waals surface area contributed by atoms with Crippen LogP contribution in [0.1, 0.15) is 32.6 Å². The second-order valence-corrected chi connectivity index (χ2v) is 6.10. The molecule has 4 nitrogen and oxygen atoms in total. The number of aliphatic hydroxyl groups excluding tert-OH is 1. The maximum Gasteiger partial charge on any atom is 0.0589 e. The Morgan fingerprint density at radius 3 is 2.05 bits per heavy atom. The minimum absolute atomic E-state index is 0.0913. The van der Waals surface area contributed by atoms with Gasteiger partial charge in [-0.25, -0.2) is 0 Å². The van der Waals surface area contributed by atoms with E-state index in [0.717, 1.165) is 51.6 Å². The maximum atomic E-state index is 9.84. The van der Waals surface area contributed by atoms with Crippen molar-refractivity contribution in [1.29, 1.82) is 0 Å². The molecular weight excluding hydrogens is 242 g/mol. The highest BCUT2D eigenvalue weighted by atomic mass is 16.5. The number of ether oxygens (including phenoxy) is 2. The van der Waals surface area contributed by atoms with Gasteiger partial charge in [0.1, 0.15) is 0 Å². The summed E-state index contributed by atoms with van der Waals surface area (Å²) in [5.74, 6) is 0.811. The lowest BCUT2D eigenvalue weighted by Crippen LogP contribution is -2.44. The number of methoxy groups -OCH3 is 2. The van der Waals surface area contributed by atoms with Gasteiger partial charge in [-0.2, -0.15) is 0 Å². The van der Waals surface area contributed by atoms with Gasteiger partial charge >= 0.3 is 0 Å². The zero-order chi connectivity index (χ0) is 14.1. The fourth-order valence-corrected chi connectivity index (χ4v) is 2.93. The molecule has 0 aromatic rings. The Bertz CT molecular complexity index is 219. The first-order valence-corrected chi connectivity index (χ1v) is 7.47. The van der Waals surface area contributed by atoms with Crippen molar-refractivity contribution < 1.29 is 14.6 Å². The van der Waals surface area contributed by atoms with Crippen molar-refractivity contribution in [2.24, 2.45) is 11.3 Å². The topological polar surface area (TPSA) is 41.9 Å². The first-order chi connectivity index (χ1) is 9.15. The first kappa shape index (κ1) is 16.9. The number of aliphatic hydroxyl groups is 1. The largest absolute Gasteiger partial charge is 0.396 e. The van der Waals surface area contributed by atoms with Gasteiger partial charge in [-0.15, -0.1) is 0 Å². The van der Waals surface area contributed by atoms with E-state index >= 15 is 0 Å². The predicted octanol–water partition coefficient (Wildman–Crippen LogP) is 1.77. The normalized spacial score (nSPS) is 27.9. The molecule has 0 aromatic heterocycles. The Morgan fingerprint density at radius 1 is 1.11 bits per heavy atom. The van der Waals surface area contributed by atoms with E-state index in [1.807, 2.05) is 0 Å². The third-order valence-electron chi connectivity index (χ3n) is 4.45. The standard InChI is InChI=1S/C15H31NO3/c1-14-4-6-15(13-17,7-5-14)12-16(8-10-18-2)9-11-19-3/h14,17H,4-13H2,1-3H3. The molecule has 0 heterocycles. The molecule has 1 aliphatic rings. The number of nitrogens with zero attached hydrogens (tertiary/aromatic N) is 1. The van der Waals surface area contributed by atoms with Crippen molar-refractivity contribution in [3.05, 3.63) is 0 Å². The molecule has 1 aliphatic carbocycles. The van der Waals surface area contributed by atoms with E-state index < -0.39 is 0 Å². The van der Waals surface area contributed by atoms with Crippen molar-refractivity contribution in [3.63, 3.8) is 0 Å². The fourth-order valence-electron chi connectivity index (χ4n) is 2.93. The summed E-state index contributed by atoms with van der Waals surface area (Å²) in [5, 5.41) is 9.84. The van der Waals surface area contributed by atoms with Crippen LogP contribution in [0.5, 0.6) is 0 Å². The first-order valence-electron chi connectivity index (χ1n) is 7.47. The highest BCUT2D eigenvalue weighted by molar-refractivity contribution is 4.87. The fraction of sp³-hybridized carbons (Fsp3) is 1.00. The van der Waals surface area contributed by atoms with Gasteiger partial charge in [-0.05, 0) is 18.8 Å². The molecular formula is C15H31NO3. The van der Waals surface area contributed by atoms with Crippen molar-refractivity contribution in [3.8, 4) is 0 Å². The lowest BCUT2D eigenvalue weighted by molar-refractivity contribution is 0.0143. The molecule has 0 atom stereocenters. The molecule has 0 aliphatic heterocycles. The molecule has 1 saturated carbocycles. The molecule has 114 valence electrons. The number of rotatable bonds is 9. The Kier molecular flexibility index (Phi) is 7.91. The minimum Gasteiger partial charge on any atom is -0.396 e. The molecule has 1 fully saturated rings. The third-order valence-corrected chi connectivity index (χ3v) is 4.45. The third kappa shape index (κ3) is 5.78. The van der Waals surface area contributed by atoms with Gasteiger partial charge in [-0.3, -0.25) is 4.90 Å². The summed E-state index contributed by atoms with van der Waals surface area (Å²) in [6.07, 6.45) is 4.76. The molecule has 0 spiro atoms. The Labute approximate surface area is 118 Å². The molecule has 0 saturated heterocycles. The summed E-state index contributed by atoms with van der Waals surface area (Å²) in [4.78, 5) is 2.37. The highest BCUT2D eigenvalue weighted by Gasteiger charge is 2.35. The number of hydrogen-bond donors (Lipinski definition) is 1. The van der Waals surface area contributed by atoms with Crippen LogP contribution in [0.4, 0.5) is 0 Å². The smallest absolute Gasteiger partial charge is 0.0589 e. The Morgan fingerprint density at radius 2 is 1.63 bits per heavy atom. The van der Waals surface area contributed by atoms with Crippen LogP contribution in [0.3, 0.4) is 0 Å². The van der Waals surface area contributed by atoms with Crippen LogP contribution in [0.2, 0.25) is 0 Å². The van der Waals surface area contributed by atoms with Crippen LogP contribution in [-0.4, -0.2) is 63.7 Å². The van der Waals surface area contributed by atoms with Crippen LogP contribution >= 0.6 is 0 Å². The summed E-state index contributed by atoms with van der Waals surface area (Å²) in [6.45, 7) is 6.88.